The van der Waals surface area contributed by atoms with Crippen molar-refractivity contribution < 1.29 is 24.6 Å². The summed E-state index contributed by atoms with van der Waals surface area (Å²) in [6, 6.07) is 14.3. The fraction of sp³-hybridized carbons (Fsp3) is 0.214. The number of pyridine rings is 1. The Hall–Kier alpha value is -4.16. The highest BCUT2D eigenvalue weighted by Gasteiger charge is 2.19. The molecule has 0 saturated carbocycles. The van der Waals surface area contributed by atoms with Crippen LogP contribution in [-0.2, 0) is 9.57 Å². The topological polar surface area (TPSA) is 160 Å². The maximum absolute atomic E-state index is 12.8. The van der Waals surface area contributed by atoms with Crippen LogP contribution in [0, 0.1) is 6.92 Å². The fourth-order valence-corrected chi connectivity index (χ4v) is 4.87. The Morgan fingerprint density at radius 2 is 2.00 bits per heavy atom. The molecule has 202 valence electrons. The monoisotopic (exact) mass is 547 g/mol. The van der Waals surface area contributed by atoms with E-state index in [2.05, 4.69) is 20.8 Å². The first-order valence-corrected chi connectivity index (χ1v) is 13.1. The molecule has 0 spiro atoms. The Morgan fingerprint density at radius 1 is 1.13 bits per heavy atom. The average Bonchev–Trinajstić information content (AvgIpc) is 3.42. The smallest absolute Gasteiger partial charge is 0.274 e. The van der Waals surface area contributed by atoms with E-state index in [0.717, 1.165) is 46.0 Å². The minimum Gasteiger partial charge on any atom is -0.412 e. The minimum absolute atomic E-state index is 0. The van der Waals surface area contributed by atoms with Gasteiger partial charge in [-0.15, -0.1) is 11.3 Å². The Balaban J connectivity index is 0.00000353. The molecule has 11 heteroatoms. The Bertz CT molecular complexity index is 1450. The number of benzene rings is 2. The van der Waals surface area contributed by atoms with Crippen LogP contribution in [0.2, 0.25) is 0 Å². The van der Waals surface area contributed by atoms with Gasteiger partial charge in [0.15, 0.2) is 11.4 Å². The summed E-state index contributed by atoms with van der Waals surface area (Å²) in [6.45, 7) is 2.58. The lowest BCUT2D eigenvalue weighted by atomic mass is 9.95. The van der Waals surface area contributed by atoms with Crippen molar-refractivity contribution in [3.8, 4) is 22.4 Å². The number of ether oxygens (including phenoxy) is 1. The molecule has 1 fully saturated rings. The number of nitrogens with one attached hydrogen (secondary N) is 2. The SMILES string of the molecule is Cc1ccc(-c2cc(C(=O)NOC3CCCCO3)ccc2C(N)=O)cc1Nc1nc(-c2cccnc2)cs1.O. The number of carbonyl (C=O) groups excluding carboxylic acids is 2. The summed E-state index contributed by atoms with van der Waals surface area (Å²) >= 11 is 1.48. The lowest BCUT2D eigenvalue weighted by Crippen LogP contribution is -2.33. The second-order valence-corrected chi connectivity index (χ2v) is 9.76. The average molecular weight is 548 g/mol. The van der Waals surface area contributed by atoms with Gasteiger partial charge >= 0.3 is 0 Å². The minimum atomic E-state index is -0.588. The van der Waals surface area contributed by atoms with Crippen molar-refractivity contribution in [1.82, 2.24) is 15.4 Å². The number of nitrogens with two attached hydrogens (primary N) is 1. The first-order valence-electron chi connectivity index (χ1n) is 12.2. The lowest BCUT2D eigenvalue weighted by Gasteiger charge is -2.22. The van der Waals surface area contributed by atoms with Crippen LogP contribution in [0.5, 0.6) is 0 Å². The van der Waals surface area contributed by atoms with Crippen molar-refractivity contribution in [3.05, 3.63) is 83.0 Å². The number of anilines is 2. The summed E-state index contributed by atoms with van der Waals surface area (Å²) in [7, 11) is 0. The van der Waals surface area contributed by atoms with Crippen LogP contribution in [0.3, 0.4) is 0 Å². The first-order chi connectivity index (χ1) is 18.5. The molecule has 2 amide bonds. The fourth-order valence-electron chi connectivity index (χ4n) is 4.14. The molecule has 5 rings (SSSR count). The lowest BCUT2D eigenvalue weighted by molar-refractivity contribution is -0.186. The van der Waals surface area contributed by atoms with E-state index >= 15 is 0 Å². The van der Waals surface area contributed by atoms with Crippen molar-refractivity contribution >= 4 is 34.0 Å². The Labute approximate surface area is 229 Å². The summed E-state index contributed by atoms with van der Waals surface area (Å²) in [6.07, 6.45) is 5.70. The molecule has 1 aliphatic heterocycles. The highest BCUT2D eigenvalue weighted by atomic mass is 32.1. The van der Waals surface area contributed by atoms with E-state index in [1.807, 2.05) is 42.6 Å². The third-order valence-electron chi connectivity index (χ3n) is 6.22. The van der Waals surface area contributed by atoms with Gasteiger partial charge in [-0.1, -0.05) is 12.1 Å². The van der Waals surface area contributed by atoms with E-state index in [0.29, 0.717) is 29.7 Å². The molecule has 39 heavy (non-hydrogen) atoms. The number of amides is 2. The predicted molar refractivity (Wildman–Crippen MR) is 150 cm³/mol. The normalized spacial score (nSPS) is 14.7. The van der Waals surface area contributed by atoms with Crippen LogP contribution in [0.25, 0.3) is 22.4 Å². The number of carbonyl (C=O) groups is 2. The zero-order valence-electron chi connectivity index (χ0n) is 21.3. The van der Waals surface area contributed by atoms with Gasteiger partial charge in [0.2, 0.25) is 5.91 Å². The van der Waals surface area contributed by atoms with Gasteiger partial charge in [-0.25, -0.2) is 15.3 Å². The molecular weight excluding hydrogens is 518 g/mol. The van der Waals surface area contributed by atoms with E-state index < -0.39 is 18.1 Å². The number of hydrogen-bond acceptors (Lipinski definition) is 8. The Kier molecular flexibility index (Phi) is 8.99. The molecule has 3 heterocycles. The number of aromatic nitrogens is 2. The molecule has 4 aromatic rings. The van der Waals surface area contributed by atoms with Gasteiger partial charge in [0, 0.05) is 53.2 Å². The van der Waals surface area contributed by atoms with Crippen LogP contribution >= 0.6 is 11.3 Å². The highest BCUT2D eigenvalue weighted by Crippen LogP contribution is 2.32. The highest BCUT2D eigenvalue weighted by molar-refractivity contribution is 7.14. The predicted octanol–water partition coefficient (Wildman–Crippen LogP) is 4.39. The maximum atomic E-state index is 12.8. The van der Waals surface area contributed by atoms with Crippen molar-refractivity contribution in [2.24, 2.45) is 5.73 Å². The van der Waals surface area contributed by atoms with Crippen LogP contribution in [-0.4, -0.2) is 40.2 Å². The summed E-state index contributed by atoms with van der Waals surface area (Å²) in [5.41, 5.74) is 13.6. The summed E-state index contributed by atoms with van der Waals surface area (Å²) in [4.78, 5) is 39.3. The van der Waals surface area contributed by atoms with E-state index in [1.165, 1.54) is 11.3 Å². The van der Waals surface area contributed by atoms with Gasteiger partial charge in [0.1, 0.15) is 0 Å². The van der Waals surface area contributed by atoms with Crippen LogP contribution in [0.15, 0.2) is 66.3 Å². The molecule has 0 radical (unpaired) electrons. The molecule has 6 N–H and O–H groups in total. The quantitative estimate of drug-likeness (QED) is 0.276. The van der Waals surface area contributed by atoms with Gasteiger partial charge in [-0.3, -0.25) is 14.6 Å². The zero-order chi connectivity index (χ0) is 26.5. The molecule has 1 saturated heterocycles. The van der Waals surface area contributed by atoms with Gasteiger partial charge in [-0.05, 0) is 72.9 Å². The molecule has 2 aromatic heterocycles. The maximum Gasteiger partial charge on any atom is 0.274 e. The molecule has 1 aliphatic rings. The van der Waals surface area contributed by atoms with Gasteiger partial charge in [0.05, 0.1) is 5.69 Å². The van der Waals surface area contributed by atoms with E-state index in [4.69, 9.17) is 15.3 Å². The number of thiazole rings is 1. The van der Waals surface area contributed by atoms with Crippen molar-refractivity contribution in [2.45, 2.75) is 32.5 Å². The molecule has 0 aliphatic carbocycles. The van der Waals surface area contributed by atoms with Crippen LogP contribution in [0.4, 0.5) is 10.8 Å². The van der Waals surface area contributed by atoms with Crippen LogP contribution in [0.1, 0.15) is 45.5 Å². The van der Waals surface area contributed by atoms with Crippen molar-refractivity contribution in [3.63, 3.8) is 0 Å². The third-order valence-corrected chi connectivity index (χ3v) is 6.98. The number of primary amides is 1. The summed E-state index contributed by atoms with van der Waals surface area (Å²) < 4.78 is 5.50. The zero-order valence-corrected chi connectivity index (χ0v) is 22.1. The molecule has 2 aromatic carbocycles. The number of nitrogens with zero attached hydrogens (tertiary/aromatic N) is 2. The standard InChI is InChI=1S/C28H27N5O4S.H2O/c1-17-7-8-18(14-23(17)31-28-32-24(16-38-28)20-5-4-11-30-15-20)22-13-19(9-10-21(22)26(29)34)27(35)33-37-25-6-2-3-12-36-25;/h4-5,7-11,13-16,25H,2-3,6,12H2,1H3,(H2,29,34)(H,31,32)(H,33,35);1H2. The molecule has 0 bridgehead atoms. The third kappa shape index (κ3) is 6.65. The van der Waals surface area contributed by atoms with Crippen molar-refractivity contribution in [2.75, 3.05) is 11.9 Å². The van der Waals surface area contributed by atoms with Gasteiger partial charge in [-0.2, -0.15) is 0 Å². The van der Waals surface area contributed by atoms with E-state index in [-0.39, 0.29) is 5.48 Å². The molecule has 1 unspecified atom stereocenters. The van der Waals surface area contributed by atoms with E-state index in [1.54, 1.807) is 30.6 Å². The van der Waals surface area contributed by atoms with Gasteiger partial charge < -0.3 is 21.3 Å². The molecule has 1 atom stereocenters. The summed E-state index contributed by atoms with van der Waals surface area (Å²) in [5.74, 6) is -1.03. The number of rotatable bonds is 8. The first kappa shape index (κ1) is 27.9. The molecule has 10 nitrogen and oxygen atoms in total. The van der Waals surface area contributed by atoms with Gasteiger partial charge in [0.25, 0.3) is 5.91 Å². The van der Waals surface area contributed by atoms with E-state index in [9.17, 15) is 9.59 Å². The largest absolute Gasteiger partial charge is 0.412 e. The number of aryl methyl sites for hydroxylation is 1. The summed E-state index contributed by atoms with van der Waals surface area (Å²) in [5, 5.41) is 6.05. The second-order valence-electron chi connectivity index (χ2n) is 8.90. The molecular formula is C28H29N5O5S. The number of hydroxylamine groups is 1. The second kappa shape index (κ2) is 12.6. The van der Waals surface area contributed by atoms with Crippen molar-refractivity contribution in [1.29, 1.82) is 0 Å². The Morgan fingerprint density at radius 3 is 2.74 bits per heavy atom. The van der Waals surface area contributed by atoms with Crippen LogP contribution < -0.4 is 16.5 Å². The number of hydrogen-bond donors (Lipinski definition) is 3.